The minimum absolute atomic E-state index is 0.157. The lowest BCUT2D eigenvalue weighted by Gasteiger charge is -2.13. The molecule has 0 aliphatic carbocycles. The van der Waals surface area contributed by atoms with Gasteiger partial charge in [-0.2, -0.15) is 8.42 Å². The summed E-state index contributed by atoms with van der Waals surface area (Å²) in [5.41, 5.74) is 0. The summed E-state index contributed by atoms with van der Waals surface area (Å²) in [7, 11) is -3.95. The number of hydrogen-bond donors (Lipinski definition) is 2. The van der Waals surface area contributed by atoms with Crippen LogP contribution >= 0.6 is 12.2 Å². The van der Waals surface area contributed by atoms with E-state index in [1.807, 2.05) is 0 Å². The standard InChI is InChI=1S/C6H10N2O4S2/c9-5-4-7-6(13)8(5)2-1-3-14(10,11)12/h1-4H2,(H,7,13)(H,10,11,12). The van der Waals surface area contributed by atoms with Gasteiger partial charge >= 0.3 is 0 Å². The van der Waals surface area contributed by atoms with Crippen molar-refractivity contribution in [2.45, 2.75) is 6.42 Å². The van der Waals surface area contributed by atoms with Crippen molar-refractivity contribution >= 4 is 33.4 Å². The molecule has 0 spiro atoms. The molecule has 1 aliphatic rings. The van der Waals surface area contributed by atoms with Gasteiger partial charge < -0.3 is 5.32 Å². The number of nitrogens with one attached hydrogen (secondary N) is 1. The highest BCUT2D eigenvalue weighted by atomic mass is 32.2. The van der Waals surface area contributed by atoms with Gasteiger partial charge in [-0.3, -0.25) is 14.2 Å². The Morgan fingerprint density at radius 1 is 1.57 bits per heavy atom. The molecule has 14 heavy (non-hydrogen) atoms. The third-order valence-electron chi connectivity index (χ3n) is 1.72. The first-order chi connectivity index (χ1) is 6.40. The Bertz CT molecular complexity index is 335. The van der Waals surface area contributed by atoms with Crippen LogP contribution < -0.4 is 5.32 Å². The van der Waals surface area contributed by atoms with E-state index in [-0.39, 0.29) is 31.2 Å². The first-order valence-corrected chi connectivity index (χ1v) is 5.95. The summed E-state index contributed by atoms with van der Waals surface area (Å²) in [5, 5.41) is 2.97. The van der Waals surface area contributed by atoms with Crippen LogP contribution in [0, 0.1) is 0 Å². The van der Waals surface area contributed by atoms with E-state index in [4.69, 9.17) is 16.8 Å². The zero-order valence-electron chi connectivity index (χ0n) is 7.26. The monoisotopic (exact) mass is 238 g/mol. The zero-order valence-corrected chi connectivity index (χ0v) is 8.90. The van der Waals surface area contributed by atoms with Gasteiger partial charge in [0.25, 0.3) is 10.1 Å². The maximum atomic E-state index is 11.1. The van der Waals surface area contributed by atoms with Crippen LogP contribution in [0.3, 0.4) is 0 Å². The Hall–Kier alpha value is -0.730. The Labute approximate surface area is 87.0 Å². The molecule has 1 rings (SSSR count). The molecule has 1 heterocycles. The van der Waals surface area contributed by atoms with Gasteiger partial charge in [0.2, 0.25) is 5.91 Å². The Morgan fingerprint density at radius 3 is 2.64 bits per heavy atom. The topological polar surface area (TPSA) is 86.7 Å². The summed E-state index contributed by atoms with van der Waals surface area (Å²) >= 11 is 4.81. The van der Waals surface area contributed by atoms with Gasteiger partial charge in [-0.25, -0.2) is 0 Å². The number of carbonyl (C=O) groups excluding carboxylic acids is 1. The minimum atomic E-state index is -3.95. The summed E-state index contributed by atoms with van der Waals surface area (Å²) in [5.74, 6) is -0.537. The highest BCUT2D eigenvalue weighted by Crippen LogP contribution is 2.01. The molecule has 0 saturated carbocycles. The molecule has 6 nitrogen and oxygen atoms in total. The lowest BCUT2D eigenvalue weighted by Crippen LogP contribution is -2.32. The Balaban J connectivity index is 2.38. The van der Waals surface area contributed by atoms with Crippen LogP contribution in [0.5, 0.6) is 0 Å². The number of hydrogen-bond acceptors (Lipinski definition) is 4. The molecule has 0 unspecified atom stereocenters. The average Bonchev–Trinajstić information content (AvgIpc) is 2.33. The van der Waals surface area contributed by atoms with Gasteiger partial charge in [0, 0.05) is 6.54 Å². The quantitative estimate of drug-likeness (QED) is 0.481. The normalized spacial score (nSPS) is 17.4. The Kier molecular flexibility index (Phi) is 3.40. The summed E-state index contributed by atoms with van der Waals surface area (Å²) in [4.78, 5) is 12.4. The van der Waals surface area contributed by atoms with E-state index in [1.165, 1.54) is 4.90 Å². The third kappa shape index (κ3) is 3.20. The van der Waals surface area contributed by atoms with Crippen molar-refractivity contribution in [3.05, 3.63) is 0 Å². The van der Waals surface area contributed by atoms with Crippen molar-refractivity contribution < 1.29 is 17.8 Å². The van der Waals surface area contributed by atoms with Gasteiger partial charge in [0.1, 0.15) is 0 Å². The molecule has 1 amide bonds. The number of carbonyl (C=O) groups is 1. The van der Waals surface area contributed by atoms with Crippen LogP contribution in [-0.4, -0.2) is 47.7 Å². The average molecular weight is 238 g/mol. The van der Waals surface area contributed by atoms with E-state index in [1.54, 1.807) is 0 Å². The largest absolute Gasteiger partial charge is 0.353 e. The van der Waals surface area contributed by atoms with Gasteiger partial charge in [0.05, 0.1) is 12.3 Å². The van der Waals surface area contributed by atoms with E-state index in [0.717, 1.165) is 0 Å². The number of thiocarbonyl (C=S) groups is 1. The molecule has 2 N–H and O–H groups in total. The molecule has 1 aliphatic heterocycles. The third-order valence-corrected chi connectivity index (χ3v) is 2.89. The molecule has 8 heteroatoms. The van der Waals surface area contributed by atoms with E-state index in [9.17, 15) is 13.2 Å². The van der Waals surface area contributed by atoms with Crippen molar-refractivity contribution in [2.75, 3.05) is 18.8 Å². The molecule has 0 atom stereocenters. The summed E-state index contributed by atoms with van der Waals surface area (Å²) in [6.07, 6.45) is 0.173. The van der Waals surface area contributed by atoms with Gasteiger partial charge in [-0.05, 0) is 18.6 Å². The zero-order chi connectivity index (χ0) is 10.8. The summed E-state index contributed by atoms with van der Waals surface area (Å²) in [6, 6.07) is 0. The fourth-order valence-corrected chi connectivity index (χ4v) is 1.85. The molecule has 1 fully saturated rings. The maximum absolute atomic E-state index is 11.1. The minimum Gasteiger partial charge on any atom is -0.353 e. The lowest BCUT2D eigenvalue weighted by molar-refractivity contribution is -0.124. The van der Waals surface area contributed by atoms with E-state index in [0.29, 0.717) is 5.11 Å². The number of amides is 1. The molecule has 1 saturated heterocycles. The van der Waals surface area contributed by atoms with Gasteiger partial charge in [0.15, 0.2) is 5.11 Å². The molecule has 0 aromatic rings. The van der Waals surface area contributed by atoms with Crippen LogP contribution in [0.25, 0.3) is 0 Å². The molecule has 80 valence electrons. The summed E-state index contributed by atoms with van der Waals surface area (Å²) in [6.45, 7) is 0.370. The van der Waals surface area contributed by atoms with Crippen LogP contribution in [0.15, 0.2) is 0 Å². The fraction of sp³-hybridized carbons (Fsp3) is 0.667. The smallest absolute Gasteiger partial charge is 0.264 e. The molecule has 0 bridgehead atoms. The second-order valence-electron chi connectivity index (χ2n) is 2.84. The first-order valence-electron chi connectivity index (χ1n) is 3.93. The highest BCUT2D eigenvalue weighted by molar-refractivity contribution is 7.85. The van der Waals surface area contributed by atoms with Crippen molar-refractivity contribution in [3.8, 4) is 0 Å². The SMILES string of the molecule is O=C1CNC(=S)N1CCCS(=O)(=O)O. The van der Waals surface area contributed by atoms with E-state index >= 15 is 0 Å². The van der Waals surface area contributed by atoms with Gasteiger partial charge in [-0.15, -0.1) is 0 Å². The molecule has 0 aromatic carbocycles. The first kappa shape index (κ1) is 11.3. The van der Waals surface area contributed by atoms with Crippen molar-refractivity contribution in [3.63, 3.8) is 0 Å². The van der Waals surface area contributed by atoms with Crippen molar-refractivity contribution in [1.29, 1.82) is 0 Å². The maximum Gasteiger partial charge on any atom is 0.264 e. The number of rotatable bonds is 4. The molecule has 0 radical (unpaired) electrons. The predicted octanol–water partition coefficient (Wildman–Crippen LogP) is -1.02. The molecular formula is C6H10N2O4S2. The summed E-state index contributed by atoms with van der Waals surface area (Å²) < 4.78 is 29.2. The van der Waals surface area contributed by atoms with Crippen LogP contribution in [0.1, 0.15) is 6.42 Å². The predicted molar refractivity (Wildman–Crippen MR) is 53.3 cm³/mol. The number of nitrogens with zero attached hydrogens (tertiary/aromatic N) is 1. The second-order valence-corrected chi connectivity index (χ2v) is 4.80. The van der Waals surface area contributed by atoms with Crippen molar-refractivity contribution in [1.82, 2.24) is 10.2 Å². The van der Waals surface area contributed by atoms with Crippen LogP contribution in [0.4, 0.5) is 0 Å². The lowest BCUT2D eigenvalue weighted by atomic mass is 10.4. The van der Waals surface area contributed by atoms with Crippen molar-refractivity contribution in [2.24, 2.45) is 0 Å². The Morgan fingerprint density at radius 2 is 2.21 bits per heavy atom. The second kappa shape index (κ2) is 4.20. The highest BCUT2D eigenvalue weighted by Gasteiger charge is 2.24. The fourth-order valence-electron chi connectivity index (χ4n) is 1.09. The molecule has 0 aromatic heterocycles. The molecular weight excluding hydrogens is 228 g/mol. The van der Waals surface area contributed by atoms with E-state index in [2.05, 4.69) is 5.32 Å². The van der Waals surface area contributed by atoms with Crippen LogP contribution in [-0.2, 0) is 14.9 Å². The van der Waals surface area contributed by atoms with Gasteiger partial charge in [-0.1, -0.05) is 0 Å². The van der Waals surface area contributed by atoms with E-state index < -0.39 is 10.1 Å². The van der Waals surface area contributed by atoms with Crippen LogP contribution in [0.2, 0.25) is 0 Å².